The zero-order valence-corrected chi connectivity index (χ0v) is 18.6. The van der Waals surface area contributed by atoms with Crippen LogP contribution in [0.4, 0.5) is 10.8 Å². The van der Waals surface area contributed by atoms with Gasteiger partial charge in [0.05, 0.1) is 24.8 Å². The van der Waals surface area contributed by atoms with Crippen LogP contribution in [0.2, 0.25) is 0 Å². The molecular formula is C16H20N4O6S3. The Morgan fingerprint density at radius 3 is 2.52 bits per heavy atom. The topological polar surface area (TPSA) is 128 Å². The maximum Gasteiger partial charge on any atom is 0.316 e. The van der Waals surface area contributed by atoms with Crippen molar-refractivity contribution in [1.29, 1.82) is 0 Å². The fourth-order valence-corrected chi connectivity index (χ4v) is 3.98. The molecule has 2 aromatic rings. The molecule has 1 aromatic carbocycles. The molecular weight excluding hydrogens is 440 g/mol. The van der Waals surface area contributed by atoms with Gasteiger partial charge in [0.25, 0.3) is 5.91 Å². The minimum absolute atomic E-state index is 0.100. The minimum atomic E-state index is -3.36. The van der Waals surface area contributed by atoms with E-state index in [0.29, 0.717) is 15.8 Å². The molecule has 10 nitrogen and oxygen atoms in total. The first-order valence-electron chi connectivity index (χ1n) is 8.14. The fourth-order valence-electron chi connectivity index (χ4n) is 1.89. The van der Waals surface area contributed by atoms with Gasteiger partial charge in [-0.25, -0.2) is 8.42 Å². The van der Waals surface area contributed by atoms with Crippen LogP contribution in [0.3, 0.4) is 0 Å². The number of benzene rings is 1. The number of anilines is 2. The van der Waals surface area contributed by atoms with Gasteiger partial charge in [0.15, 0.2) is 10.4 Å². The standard InChI is InChI=1S/C16H20N4O6S3/c1-10(26-12-7-5-11(6-8-12)20(2)29(4,23)24)14(22)17-15-18-19-16(28-15)27-9-13(21)25-3/h5-8,10H,9H2,1-4H3,(H,17,18,22). The van der Waals surface area contributed by atoms with Gasteiger partial charge >= 0.3 is 5.97 Å². The highest BCUT2D eigenvalue weighted by molar-refractivity contribution is 8.01. The van der Waals surface area contributed by atoms with E-state index in [9.17, 15) is 18.0 Å². The number of hydrogen-bond acceptors (Lipinski definition) is 10. The van der Waals surface area contributed by atoms with E-state index in [-0.39, 0.29) is 16.9 Å². The van der Waals surface area contributed by atoms with Crippen LogP contribution in [0.5, 0.6) is 5.75 Å². The minimum Gasteiger partial charge on any atom is -0.481 e. The number of hydrogen-bond donors (Lipinski definition) is 1. The summed E-state index contributed by atoms with van der Waals surface area (Å²) >= 11 is 2.29. The van der Waals surface area contributed by atoms with Crippen molar-refractivity contribution in [2.75, 3.05) is 35.8 Å². The molecule has 1 amide bonds. The second kappa shape index (κ2) is 9.89. The molecule has 13 heteroatoms. The van der Waals surface area contributed by atoms with Gasteiger partial charge in [0.2, 0.25) is 15.2 Å². The number of amides is 1. The Kier molecular flexibility index (Phi) is 7.81. The summed E-state index contributed by atoms with van der Waals surface area (Å²) in [6.07, 6.45) is 0.278. The van der Waals surface area contributed by atoms with Crippen LogP contribution in [0.1, 0.15) is 6.92 Å². The van der Waals surface area contributed by atoms with Gasteiger partial charge in [-0.1, -0.05) is 23.1 Å². The van der Waals surface area contributed by atoms with Crippen molar-refractivity contribution < 1.29 is 27.5 Å². The summed E-state index contributed by atoms with van der Waals surface area (Å²) in [4.78, 5) is 23.4. The molecule has 0 aliphatic rings. The third kappa shape index (κ3) is 6.87. The summed E-state index contributed by atoms with van der Waals surface area (Å²) in [5.41, 5.74) is 0.475. The molecule has 0 aliphatic heterocycles. The maximum absolute atomic E-state index is 12.3. The smallest absolute Gasteiger partial charge is 0.316 e. The van der Waals surface area contributed by atoms with Gasteiger partial charge in [-0.05, 0) is 31.2 Å². The number of sulfonamides is 1. The molecule has 0 saturated heterocycles. The normalized spacial score (nSPS) is 12.1. The van der Waals surface area contributed by atoms with E-state index in [1.54, 1.807) is 31.2 Å². The van der Waals surface area contributed by atoms with E-state index in [1.165, 1.54) is 14.2 Å². The van der Waals surface area contributed by atoms with Crippen molar-refractivity contribution in [3.05, 3.63) is 24.3 Å². The highest BCUT2D eigenvalue weighted by atomic mass is 32.2. The number of carbonyl (C=O) groups excluding carboxylic acids is 2. The van der Waals surface area contributed by atoms with Crippen molar-refractivity contribution in [2.45, 2.75) is 17.4 Å². The Balaban J connectivity index is 1.91. The SMILES string of the molecule is COC(=O)CSc1nnc(NC(=O)C(C)Oc2ccc(N(C)S(C)(=O)=O)cc2)s1. The number of nitrogens with zero attached hydrogens (tertiary/aromatic N) is 3. The number of esters is 1. The molecule has 0 radical (unpaired) electrons. The molecule has 1 heterocycles. The lowest BCUT2D eigenvalue weighted by molar-refractivity contribution is -0.137. The average molecular weight is 461 g/mol. The summed E-state index contributed by atoms with van der Waals surface area (Å²) in [6, 6.07) is 6.31. The number of ether oxygens (including phenoxy) is 2. The molecule has 1 atom stereocenters. The molecule has 29 heavy (non-hydrogen) atoms. The predicted octanol–water partition coefficient (Wildman–Crippen LogP) is 1.60. The number of methoxy groups -OCH3 is 1. The monoisotopic (exact) mass is 460 g/mol. The van der Waals surface area contributed by atoms with Crippen molar-refractivity contribution >= 4 is 55.8 Å². The molecule has 0 aliphatic carbocycles. The zero-order valence-electron chi connectivity index (χ0n) is 16.1. The highest BCUT2D eigenvalue weighted by Crippen LogP contribution is 2.26. The van der Waals surface area contributed by atoms with Crippen molar-refractivity contribution in [1.82, 2.24) is 10.2 Å². The van der Waals surface area contributed by atoms with E-state index in [0.717, 1.165) is 33.7 Å². The molecule has 2 rings (SSSR count). The molecule has 1 unspecified atom stereocenters. The summed E-state index contributed by atoms with van der Waals surface area (Å²) in [6.45, 7) is 1.57. The van der Waals surface area contributed by atoms with Crippen molar-refractivity contribution in [3.8, 4) is 5.75 Å². The highest BCUT2D eigenvalue weighted by Gasteiger charge is 2.18. The average Bonchev–Trinajstić information content (AvgIpc) is 3.12. The van der Waals surface area contributed by atoms with Crippen molar-refractivity contribution in [2.24, 2.45) is 0 Å². The number of aromatic nitrogens is 2. The Hall–Kier alpha value is -2.38. The number of nitrogens with one attached hydrogen (secondary N) is 1. The van der Waals surface area contributed by atoms with E-state index in [2.05, 4.69) is 20.3 Å². The molecule has 1 N–H and O–H groups in total. The van der Waals surface area contributed by atoms with E-state index >= 15 is 0 Å². The summed E-state index contributed by atoms with van der Waals surface area (Å²) in [5.74, 6) is -0.303. The predicted molar refractivity (Wildman–Crippen MR) is 111 cm³/mol. The molecule has 0 fully saturated rings. The maximum atomic E-state index is 12.3. The van der Waals surface area contributed by atoms with Crippen LogP contribution in [-0.2, 0) is 24.3 Å². The van der Waals surface area contributed by atoms with Gasteiger partial charge in [-0.2, -0.15) is 0 Å². The molecule has 0 spiro atoms. The lowest BCUT2D eigenvalue weighted by Crippen LogP contribution is -2.30. The molecule has 0 bridgehead atoms. The third-order valence-electron chi connectivity index (χ3n) is 3.56. The second-order valence-corrected chi connectivity index (χ2v) is 9.93. The third-order valence-corrected chi connectivity index (χ3v) is 6.71. The number of carbonyl (C=O) groups is 2. The summed E-state index contributed by atoms with van der Waals surface area (Å²) in [5, 5.41) is 10.6. The summed E-state index contributed by atoms with van der Waals surface area (Å²) in [7, 11) is -0.615. The van der Waals surface area contributed by atoms with Gasteiger partial charge in [0.1, 0.15) is 5.75 Å². The van der Waals surface area contributed by atoms with Gasteiger partial charge in [-0.3, -0.25) is 19.2 Å². The Morgan fingerprint density at radius 1 is 1.28 bits per heavy atom. The van der Waals surface area contributed by atoms with E-state index in [1.807, 2.05) is 0 Å². The molecule has 1 aromatic heterocycles. The van der Waals surface area contributed by atoms with Crippen LogP contribution in [0.15, 0.2) is 28.6 Å². The van der Waals surface area contributed by atoms with Gasteiger partial charge < -0.3 is 9.47 Å². The van der Waals surface area contributed by atoms with E-state index in [4.69, 9.17) is 4.74 Å². The summed E-state index contributed by atoms with van der Waals surface area (Å²) < 4.78 is 34.9. The van der Waals surface area contributed by atoms with Crippen LogP contribution >= 0.6 is 23.1 Å². The van der Waals surface area contributed by atoms with Crippen LogP contribution in [0.25, 0.3) is 0 Å². The van der Waals surface area contributed by atoms with E-state index < -0.39 is 22.0 Å². The Bertz CT molecular complexity index is 961. The van der Waals surface area contributed by atoms with Crippen LogP contribution in [-0.4, -0.2) is 62.8 Å². The Morgan fingerprint density at radius 2 is 1.93 bits per heavy atom. The number of thioether (sulfide) groups is 1. The second-order valence-electron chi connectivity index (χ2n) is 5.71. The molecule has 158 valence electrons. The first kappa shape index (κ1) is 22.9. The first-order chi connectivity index (χ1) is 13.6. The van der Waals surface area contributed by atoms with Crippen molar-refractivity contribution in [3.63, 3.8) is 0 Å². The van der Waals surface area contributed by atoms with Crippen LogP contribution < -0.4 is 14.4 Å². The lowest BCUT2D eigenvalue weighted by atomic mass is 10.3. The molecule has 0 saturated carbocycles. The Labute approximate surface area is 176 Å². The van der Waals surface area contributed by atoms with Crippen LogP contribution in [0, 0.1) is 0 Å². The lowest BCUT2D eigenvalue weighted by Gasteiger charge is -2.18. The quantitative estimate of drug-likeness (QED) is 0.337. The first-order valence-corrected chi connectivity index (χ1v) is 11.8. The number of rotatable bonds is 9. The largest absolute Gasteiger partial charge is 0.481 e. The van der Waals surface area contributed by atoms with Gasteiger partial charge in [0, 0.05) is 7.05 Å². The fraction of sp³-hybridized carbons (Fsp3) is 0.375. The van der Waals surface area contributed by atoms with Gasteiger partial charge in [-0.15, -0.1) is 10.2 Å². The zero-order chi connectivity index (χ0) is 21.6.